The lowest BCUT2D eigenvalue weighted by atomic mass is 10.3. The van der Waals surface area contributed by atoms with E-state index >= 15 is 0 Å². The molecule has 0 aromatic heterocycles. The summed E-state index contributed by atoms with van der Waals surface area (Å²) in [6.07, 6.45) is -0.665. The van der Waals surface area contributed by atoms with Gasteiger partial charge in [-0.3, -0.25) is 4.79 Å². The Bertz CT molecular complexity index is 409. The van der Waals surface area contributed by atoms with Gasteiger partial charge < -0.3 is 15.4 Å². The van der Waals surface area contributed by atoms with Crippen molar-refractivity contribution in [1.82, 2.24) is 5.32 Å². The van der Waals surface area contributed by atoms with Crippen molar-refractivity contribution in [3.63, 3.8) is 0 Å². The predicted molar refractivity (Wildman–Crippen MR) is 60.1 cm³/mol. The van der Waals surface area contributed by atoms with Crippen molar-refractivity contribution in [3.8, 4) is 0 Å². The highest BCUT2D eigenvalue weighted by atomic mass is 19.1. The number of nitrogens with one attached hydrogen (secondary N) is 2. The molecule has 0 heterocycles. The molecule has 0 fully saturated rings. The largest absolute Gasteiger partial charge is 0.450 e. The maximum absolute atomic E-state index is 12.8. The van der Waals surface area contributed by atoms with Crippen LogP contribution in [0.15, 0.2) is 24.3 Å². The molecule has 0 saturated carbocycles. The van der Waals surface area contributed by atoms with Gasteiger partial charge in [0.25, 0.3) is 0 Å². The van der Waals surface area contributed by atoms with Gasteiger partial charge in [-0.1, -0.05) is 6.07 Å². The highest BCUT2D eigenvalue weighted by Crippen LogP contribution is 2.08. The highest BCUT2D eigenvalue weighted by molar-refractivity contribution is 5.93. The fourth-order valence-corrected chi connectivity index (χ4v) is 1.11. The van der Waals surface area contributed by atoms with Crippen LogP contribution in [-0.4, -0.2) is 25.2 Å². The maximum atomic E-state index is 12.8. The Balaban J connectivity index is 2.37. The highest BCUT2D eigenvalue weighted by Gasteiger charge is 2.06. The van der Waals surface area contributed by atoms with E-state index in [1.54, 1.807) is 13.0 Å². The van der Waals surface area contributed by atoms with Crippen LogP contribution < -0.4 is 10.6 Å². The minimum atomic E-state index is -0.665. The number of amides is 2. The molecule has 0 unspecified atom stereocenters. The molecule has 0 spiro atoms. The number of anilines is 1. The number of hydrogen-bond donors (Lipinski definition) is 2. The predicted octanol–water partition coefficient (Wildman–Crippen LogP) is 1.51. The summed E-state index contributed by atoms with van der Waals surface area (Å²) >= 11 is 0. The zero-order chi connectivity index (χ0) is 12.7. The zero-order valence-electron chi connectivity index (χ0n) is 9.33. The van der Waals surface area contributed by atoms with Crippen LogP contribution in [0.4, 0.5) is 14.9 Å². The third kappa shape index (κ3) is 4.96. The minimum absolute atomic E-state index is 0.227. The fourth-order valence-electron chi connectivity index (χ4n) is 1.11. The van der Waals surface area contributed by atoms with Crippen molar-refractivity contribution in [2.75, 3.05) is 18.5 Å². The third-order valence-corrected chi connectivity index (χ3v) is 1.78. The molecule has 17 heavy (non-hydrogen) atoms. The van der Waals surface area contributed by atoms with Gasteiger partial charge in [-0.25, -0.2) is 9.18 Å². The van der Waals surface area contributed by atoms with E-state index < -0.39 is 17.8 Å². The van der Waals surface area contributed by atoms with E-state index in [2.05, 4.69) is 15.4 Å². The maximum Gasteiger partial charge on any atom is 0.407 e. The third-order valence-electron chi connectivity index (χ3n) is 1.78. The van der Waals surface area contributed by atoms with Crippen LogP contribution in [0.3, 0.4) is 0 Å². The molecule has 1 rings (SSSR count). The van der Waals surface area contributed by atoms with Gasteiger partial charge in [0, 0.05) is 5.69 Å². The van der Waals surface area contributed by atoms with Gasteiger partial charge in [-0.2, -0.15) is 0 Å². The topological polar surface area (TPSA) is 67.4 Å². The molecule has 92 valence electrons. The molecule has 1 aromatic rings. The number of halogens is 1. The quantitative estimate of drug-likeness (QED) is 0.838. The lowest BCUT2D eigenvalue weighted by Gasteiger charge is -2.06. The lowest BCUT2D eigenvalue weighted by molar-refractivity contribution is -0.115. The Morgan fingerprint density at radius 1 is 1.41 bits per heavy atom. The van der Waals surface area contributed by atoms with Gasteiger partial charge in [-0.05, 0) is 25.1 Å². The first-order valence-corrected chi connectivity index (χ1v) is 5.08. The zero-order valence-corrected chi connectivity index (χ0v) is 9.33. The summed E-state index contributed by atoms with van der Waals surface area (Å²) in [6.45, 7) is 1.67. The van der Waals surface area contributed by atoms with Crippen LogP contribution in [-0.2, 0) is 9.53 Å². The van der Waals surface area contributed by atoms with E-state index in [-0.39, 0.29) is 13.2 Å². The van der Waals surface area contributed by atoms with E-state index in [0.717, 1.165) is 0 Å². The molecular formula is C11H13FN2O3. The fraction of sp³-hybridized carbons (Fsp3) is 0.273. The monoisotopic (exact) mass is 240 g/mol. The molecule has 0 aliphatic heterocycles. The number of hydrogen-bond acceptors (Lipinski definition) is 3. The second-order valence-corrected chi connectivity index (χ2v) is 3.13. The molecule has 0 bridgehead atoms. The summed E-state index contributed by atoms with van der Waals surface area (Å²) in [5, 5.41) is 4.68. The second kappa shape index (κ2) is 6.47. The van der Waals surface area contributed by atoms with E-state index in [0.29, 0.717) is 5.69 Å². The van der Waals surface area contributed by atoms with E-state index in [1.165, 1.54) is 18.2 Å². The first-order chi connectivity index (χ1) is 8.11. The van der Waals surface area contributed by atoms with E-state index in [9.17, 15) is 14.0 Å². The van der Waals surface area contributed by atoms with Crippen molar-refractivity contribution in [2.45, 2.75) is 6.92 Å². The number of rotatable bonds is 4. The summed E-state index contributed by atoms with van der Waals surface area (Å²) in [5.41, 5.74) is 0.334. The minimum Gasteiger partial charge on any atom is -0.450 e. The van der Waals surface area contributed by atoms with Gasteiger partial charge in [0.15, 0.2) is 0 Å². The van der Waals surface area contributed by atoms with Crippen LogP contribution in [0.1, 0.15) is 6.92 Å². The summed E-state index contributed by atoms with van der Waals surface area (Å²) in [5.74, 6) is -0.898. The summed E-state index contributed by atoms with van der Waals surface area (Å²) < 4.78 is 17.4. The number of carbonyl (C=O) groups is 2. The molecule has 0 saturated heterocycles. The van der Waals surface area contributed by atoms with E-state index in [1.807, 2.05) is 0 Å². The summed E-state index contributed by atoms with van der Waals surface area (Å²) in [6, 6.07) is 5.48. The first kappa shape index (κ1) is 13.0. The average molecular weight is 240 g/mol. The Labute approximate surface area is 98.0 Å². The molecule has 2 N–H and O–H groups in total. The van der Waals surface area contributed by atoms with Crippen molar-refractivity contribution in [1.29, 1.82) is 0 Å². The lowest BCUT2D eigenvalue weighted by Crippen LogP contribution is -2.33. The Morgan fingerprint density at radius 3 is 2.82 bits per heavy atom. The second-order valence-electron chi connectivity index (χ2n) is 3.13. The Hall–Kier alpha value is -2.11. The summed E-state index contributed by atoms with van der Waals surface area (Å²) in [4.78, 5) is 22.2. The number of ether oxygens (including phenoxy) is 1. The molecule has 1 aromatic carbocycles. The Morgan fingerprint density at radius 2 is 2.18 bits per heavy atom. The van der Waals surface area contributed by atoms with Gasteiger partial charge in [-0.15, -0.1) is 0 Å². The number of carbonyl (C=O) groups excluding carboxylic acids is 2. The first-order valence-electron chi connectivity index (χ1n) is 5.08. The Kier molecular flexibility index (Phi) is 4.93. The van der Waals surface area contributed by atoms with Crippen molar-refractivity contribution >= 4 is 17.7 Å². The van der Waals surface area contributed by atoms with Crippen LogP contribution >= 0.6 is 0 Å². The molecule has 2 amide bonds. The molecule has 0 radical (unpaired) electrons. The van der Waals surface area contributed by atoms with Crippen molar-refractivity contribution in [3.05, 3.63) is 30.1 Å². The van der Waals surface area contributed by atoms with Gasteiger partial charge in [0.2, 0.25) is 5.91 Å². The number of benzene rings is 1. The van der Waals surface area contributed by atoms with Crippen LogP contribution in [0.5, 0.6) is 0 Å². The molecule has 6 heteroatoms. The number of alkyl carbamates (subject to hydrolysis) is 1. The SMILES string of the molecule is CCOC(=O)NCC(=O)Nc1cccc(F)c1. The summed E-state index contributed by atoms with van der Waals surface area (Å²) in [7, 11) is 0. The van der Waals surface area contributed by atoms with Crippen LogP contribution in [0.25, 0.3) is 0 Å². The van der Waals surface area contributed by atoms with Crippen molar-refractivity contribution < 1.29 is 18.7 Å². The normalized spacial score (nSPS) is 9.53. The van der Waals surface area contributed by atoms with Crippen LogP contribution in [0.2, 0.25) is 0 Å². The standard InChI is InChI=1S/C11H13FN2O3/c1-2-17-11(16)13-7-10(15)14-9-5-3-4-8(12)6-9/h3-6H,2,7H2,1H3,(H,13,16)(H,14,15). The van der Waals surface area contributed by atoms with Gasteiger partial charge in [0.05, 0.1) is 6.61 Å². The smallest absolute Gasteiger partial charge is 0.407 e. The van der Waals surface area contributed by atoms with Gasteiger partial charge in [0.1, 0.15) is 12.4 Å². The van der Waals surface area contributed by atoms with Gasteiger partial charge >= 0.3 is 6.09 Å². The molecule has 0 atom stereocenters. The van der Waals surface area contributed by atoms with Crippen LogP contribution in [0, 0.1) is 5.82 Å². The molecule has 5 nitrogen and oxygen atoms in total. The molecule has 0 aliphatic rings. The average Bonchev–Trinajstić information content (AvgIpc) is 2.27. The molecule has 0 aliphatic carbocycles. The van der Waals surface area contributed by atoms with E-state index in [4.69, 9.17) is 0 Å². The van der Waals surface area contributed by atoms with Crippen molar-refractivity contribution in [2.24, 2.45) is 0 Å². The molecular weight excluding hydrogens is 227 g/mol.